The van der Waals surface area contributed by atoms with Gasteiger partial charge in [0.05, 0.1) is 20.3 Å². The van der Waals surface area contributed by atoms with Gasteiger partial charge in [-0.1, -0.05) is 6.07 Å². The summed E-state index contributed by atoms with van der Waals surface area (Å²) in [5.41, 5.74) is 2.64. The lowest BCUT2D eigenvalue weighted by atomic mass is 9.60. The van der Waals surface area contributed by atoms with E-state index >= 15 is 0 Å². The summed E-state index contributed by atoms with van der Waals surface area (Å²) in [5.74, 6) is 2.50. The smallest absolute Gasteiger partial charge is 0.206 e. The second-order valence-electron chi connectivity index (χ2n) is 8.38. The summed E-state index contributed by atoms with van der Waals surface area (Å²) in [6.07, 6.45) is 3.14. The maximum Gasteiger partial charge on any atom is 0.206 e. The number of benzene rings is 1. The SMILES string of the molecule is COc1ccc(C)c2c1OC1C3(CCC4C5NCC5CC241)OCCO3. The van der Waals surface area contributed by atoms with Gasteiger partial charge in [0, 0.05) is 23.4 Å². The van der Waals surface area contributed by atoms with Crippen molar-refractivity contribution in [1.82, 2.24) is 5.32 Å². The normalized spacial score (nSPS) is 42.2. The summed E-state index contributed by atoms with van der Waals surface area (Å²) in [6.45, 7) is 4.67. The van der Waals surface area contributed by atoms with Crippen LogP contribution in [0.5, 0.6) is 11.5 Å². The van der Waals surface area contributed by atoms with Gasteiger partial charge in [-0.05, 0) is 49.8 Å². The molecule has 0 aromatic heterocycles. The first kappa shape index (κ1) is 14.8. The van der Waals surface area contributed by atoms with Crippen LogP contribution in [0.1, 0.15) is 30.4 Å². The van der Waals surface area contributed by atoms with E-state index in [1.54, 1.807) is 7.11 Å². The number of methoxy groups -OCH3 is 1. The zero-order valence-electron chi connectivity index (χ0n) is 14.8. The quantitative estimate of drug-likeness (QED) is 0.847. The molecule has 2 saturated heterocycles. The lowest BCUT2D eigenvalue weighted by Crippen LogP contribution is -2.63. The van der Waals surface area contributed by atoms with Crippen molar-refractivity contribution in [2.45, 2.75) is 49.5 Å². The van der Waals surface area contributed by atoms with Gasteiger partial charge in [0.2, 0.25) is 5.79 Å². The maximum absolute atomic E-state index is 6.68. The van der Waals surface area contributed by atoms with Gasteiger partial charge >= 0.3 is 0 Å². The number of nitrogens with one attached hydrogen (secondary N) is 1. The van der Waals surface area contributed by atoms with Gasteiger partial charge in [-0.3, -0.25) is 0 Å². The van der Waals surface area contributed by atoms with Crippen molar-refractivity contribution in [2.24, 2.45) is 11.8 Å². The van der Waals surface area contributed by atoms with Crippen molar-refractivity contribution in [1.29, 1.82) is 0 Å². The second-order valence-corrected chi connectivity index (χ2v) is 8.38. The van der Waals surface area contributed by atoms with Crippen LogP contribution in [0, 0.1) is 18.8 Å². The highest BCUT2D eigenvalue weighted by atomic mass is 16.8. The average molecular weight is 343 g/mol. The first-order chi connectivity index (χ1) is 12.2. The van der Waals surface area contributed by atoms with Crippen molar-refractivity contribution in [3.05, 3.63) is 23.3 Å². The molecular formula is C20H25NO4. The van der Waals surface area contributed by atoms with Crippen LogP contribution < -0.4 is 14.8 Å². The van der Waals surface area contributed by atoms with Crippen molar-refractivity contribution < 1.29 is 18.9 Å². The Kier molecular flexibility index (Phi) is 2.79. The Morgan fingerprint density at radius 2 is 2.08 bits per heavy atom. The molecule has 2 saturated carbocycles. The van der Waals surface area contributed by atoms with E-state index in [0.717, 1.165) is 43.2 Å². The minimum Gasteiger partial charge on any atom is -0.493 e. The Balaban J connectivity index is 1.60. The van der Waals surface area contributed by atoms with Crippen LogP contribution in [0.25, 0.3) is 0 Å². The number of hydrogen-bond acceptors (Lipinski definition) is 5. The highest BCUT2D eigenvalue weighted by molar-refractivity contribution is 5.60. The molecule has 1 N–H and O–H groups in total. The average Bonchev–Trinajstić information content (AvgIpc) is 3.25. The van der Waals surface area contributed by atoms with Crippen LogP contribution in [0.3, 0.4) is 0 Å². The van der Waals surface area contributed by atoms with Gasteiger partial charge in [0.15, 0.2) is 17.6 Å². The molecule has 25 heavy (non-hydrogen) atoms. The Morgan fingerprint density at radius 3 is 2.80 bits per heavy atom. The van der Waals surface area contributed by atoms with E-state index in [0.29, 0.717) is 25.2 Å². The lowest BCUT2D eigenvalue weighted by molar-refractivity contribution is -0.248. The van der Waals surface area contributed by atoms with Gasteiger partial charge in [-0.2, -0.15) is 0 Å². The molecule has 5 nitrogen and oxygen atoms in total. The van der Waals surface area contributed by atoms with E-state index in [1.165, 1.54) is 11.1 Å². The van der Waals surface area contributed by atoms with Crippen LogP contribution in [-0.2, 0) is 14.9 Å². The molecule has 3 aliphatic heterocycles. The number of hydrogen-bond donors (Lipinski definition) is 1. The molecule has 2 spiro atoms. The molecule has 6 rings (SSSR count). The predicted octanol–water partition coefficient (Wildman–Crippen LogP) is 2.15. The molecule has 5 aliphatic rings. The molecule has 2 aliphatic carbocycles. The monoisotopic (exact) mass is 343 g/mol. The summed E-state index contributed by atoms with van der Waals surface area (Å²) in [4.78, 5) is 0. The van der Waals surface area contributed by atoms with Gasteiger partial charge in [0.1, 0.15) is 0 Å². The zero-order valence-corrected chi connectivity index (χ0v) is 14.8. The summed E-state index contributed by atoms with van der Waals surface area (Å²) in [7, 11) is 1.73. The van der Waals surface area contributed by atoms with E-state index in [2.05, 4.69) is 18.3 Å². The predicted molar refractivity (Wildman–Crippen MR) is 91.1 cm³/mol. The number of ether oxygens (including phenoxy) is 4. The van der Waals surface area contributed by atoms with Gasteiger partial charge in [-0.25, -0.2) is 0 Å². The van der Waals surface area contributed by atoms with E-state index in [1.807, 2.05) is 6.07 Å². The highest BCUT2D eigenvalue weighted by Gasteiger charge is 2.73. The van der Waals surface area contributed by atoms with Crippen LogP contribution in [0.15, 0.2) is 12.1 Å². The van der Waals surface area contributed by atoms with Gasteiger partial charge in [-0.15, -0.1) is 0 Å². The van der Waals surface area contributed by atoms with Crippen LogP contribution in [0.2, 0.25) is 0 Å². The van der Waals surface area contributed by atoms with Crippen LogP contribution >= 0.6 is 0 Å². The Hall–Kier alpha value is -1.30. The number of aryl methyl sites for hydroxylation is 1. The third-order valence-corrected chi connectivity index (χ3v) is 7.52. The lowest BCUT2D eigenvalue weighted by Gasteiger charge is -2.50. The van der Waals surface area contributed by atoms with Crippen molar-refractivity contribution in [2.75, 3.05) is 26.9 Å². The summed E-state index contributed by atoms with van der Waals surface area (Å²) in [6, 6.07) is 4.82. The fourth-order valence-corrected chi connectivity index (χ4v) is 6.63. The van der Waals surface area contributed by atoms with E-state index in [9.17, 15) is 0 Å². The van der Waals surface area contributed by atoms with Crippen LogP contribution in [-0.4, -0.2) is 44.8 Å². The van der Waals surface area contributed by atoms with E-state index in [-0.39, 0.29) is 11.5 Å². The minimum atomic E-state index is -0.587. The summed E-state index contributed by atoms with van der Waals surface area (Å²) in [5, 5.41) is 3.70. The van der Waals surface area contributed by atoms with E-state index < -0.39 is 5.79 Å². The molecule has 0 radical (unpaired) electrons. The number of fused-ring (bicyclic) bond motifs is 4. The highest BCUT2D eigenvalue weighted by Crippen LogP contribution is 2.67. The standard InChI is InChI=1S/C20H25NO4/c1-11-3-4-14(22-2)17-15(11)19-9-12-10-21-16(12)13(19)5-6-20(18(19)25-17)23-7-8-24-20/h3-4,12-13,16,18,21H,5-10H2,1-2H3. The van der Waals surface area contributed by atoms with Crippen molar-refractivity contribution >= 4 is 0 Å². The molecule has 3 heterocycles. The molecule has 5 heteroatoms. The molecule has 0 amide bonds. The molecule has 5 atom stereocenters. The first-order valence-electron chi connectivity index (χ1n) is 9.56. The van der Waals surface area contributed by atoms with Gasteiger partial charge < -0.3 is 24.3 Å². The van der Waals surface area contributed by atoms with Crippen LogP contribution in [0.4, 0.5) is 0 Å². The molecule has 134 valence electrons. The number of rotatable bonds is 1. The molecular weight excluding hydrogens is 318 g/mol. The Bertz CT molecular complexity index is 743. The zero-order chi connectivity index (χ0) is 16.8. The Labute approximate surface area is 148 Å². The largest absolute Gasteiger partial charge is 0.493 e. The fraction of sp³-hybridized carbons (Fsp3) is 0.700. The third-order valence-electron chi connectivity index (χ3n) is 7.52. The molecule has 0 bridgehead atoms. The molecule has 4 fully saturated rings. The summed E-state index contributed by atoms with van der Waals surface area (Å²) < 4.78 is 24.8. The van der Waals surface area contributed by atoms with E-state index in [4.69, 9.17) is 18.9 Å². The van der Waals surface area contributed by atoms with Crippen molar-refractivity contribution in [3.63, 3.8) is 0 Å². The first-order valence-corrected chi connectivity index (χ1v) is 9.56. The maximum atomic E-state index is 6.68. The van der Waals surface area contributed by atoms with Crippen molar-refractivity contribution in [3.8, 4) is 11.5 Å². The second kappa shape index (κ2) is 4.70. The Morgan fingerprint density at radius 1 is 1.24 bits per heavy atom. The molecule has 5 unspecified atom stereocenters. The van der Waals surface area contributed by atoms with Gasteiger partial charge in [0.25, 0.3) is 0 Å². The fourth-order valence-electron chi connectivity index (χ4n) is 6.63. The summed E-state index contributed by atoms with van der Waals surface area (Å²) >= 11 is 0. The molecule has 1 aromatic rings. The third kappa shape index (κ3) is 1.57. The topological polar surface area (TPSA) is 49.0 Å². The minimum absolute atomic E-state index is 0.0185. The molecule has 1 aromatic carbocycles.